The quantitative estimate of drug-likeness (QED) is 0.807. The highest BCUT2D eigenvalue weighted by atomic mass is 19.1. The average Bonchev–Trinajstić information content (AvgIpc) is 2.23. The van der Waals surface area contributed by atoms with Crippen LogP contribution in [0.1, 0.15) is 31.4 Å². The number of aryl methyl sites for hydroxylation is 2. The molecule has 0 radical (unpaired) electrons. The highest BCUT2D eigenvalue weighted by Gasteiger charge is 2.11. The number of halogens is 1. The van der Waals surface area contributed by atoms with Crippen molar-refractivity contribution < 1.29 is 4.39 Å². The van der Waals surface area contributed by atoms with Crippen molar-refractivity contribution in [3.63, 3.8) is 0 Å². The monoisotopic (exact) mass is 223 g/mol. The average molecular weight is 223 g/mol. The molecule has 1 aromatic carbocycles. The van der Waals surface area contributed by atoms with Crippen LogP contribution in [0.2, 0.25) is 0 Å². The number of benzene rings is 1. The zero-order chi connectivity index (χ0) is 12.1. The van der Waals surface area contributed by atoms with Gasteiger partial charge in [0.1, 0.15) is 5.82 Å². The normalized spacial score (nSPS) is 13.1. The van der Waals surface area contributed by atoms with E-state index in [4.69, 9.17) is 0 Å². The van der Waals surface area contributed by atoms with Crippen molar-refractivity contribution in [2.75, 3.05) is 7.05 Å². The van der Waals surface area contributed by atoms with Crippen molar-refractivity contribution in [1.29, 1.82) is 0 Å². The SMILES string of the molecule is CNC(CCc1cc(F)ccc1C)C(C)C. The van der Waals surface area contributed by atoms with Gasteiger partial charge in [0, 0.05) is 6.04 Å². The summed E-state index contributed by atoms with van der Waals surface area (Å²) in [7, 11) is 1.99. The second kappa shape index (κ2) is 6.00. The molecule has 0 saturated carbocycles. The highest BCUT2D eigenvalue weighted by molar-refractivity contribution is 5.26. The topological polar surface area (TPSA) is 12.0 Å². The Balaban J connectivity index is 2.63. The Morgan fingerprint density at radius 3 is 2.56 bits per heavy atom. The molecule has 0 heterocycles. The molecule has 0 fully saturated rings. The van der Waals surface area contributed by atoms with Gasteiger partial charge in [-0.1, -0.05) is 19.9 Å². The van der Waals surface area contributed by atoms with E-state index in [1.165, 1.54) is 11.6 Å². The van der Waals surface area contributed by atoms with Crippen molar-refractivity contribution in [3.8, 4) is 0 Å². The first-order valence-electron chi connectivity index (χ1n) is 5.97. The van der Waals surface area contributed by atoms with E-state index in [1.54, 1.807) is 6.07 Å². The van der Waals surface area contributed by atoms with E-state index in [0.29, 0.717) is 12.0 Å². The van der Waals surface area contributed by atoms with Crippen LogP contribution in [0.4, 0.5) is 4.39 Å². The second-order valence-corrected chi connectivity index (χ2v) is 4.75. The third kappa shape index (κ3) is 3.60. The second-order valence-electron chi connectivity index (χ2n) is 4.75. The maximum atomic E-state index is 13.1. The van der Waals surface area contributed by atoms with Crippen molar-refractivity contribution in [3.05, 3.63) is 35.1 Å². The van der Waals surface area contributed by atoms with Gasteiger partial charge in [0.15, 0.2) is 0 Å². The lowest BCUT2D eigenvalue weighted by atomic mass is 9.95. The van der Waals surface area contributed by atoms with Crippen molar-refractivity contribution in [1.82, 2.24) is 5.32 Å². The number of hydrogen-bond acceptors (Lipinski definition) is 1. The summed E-state index contributed by atoms with van der Waals surface area (Å²) in [6, 6.07) is 5.54. The van der Waals surface area contributed by atoms with E-state index in [2.05, 4.69) is 19.2 Å². The van der Waals surface area contributed by atoms with Crippen LogP contribution in [-0.4, -0.2) is 13.1 Å². The number of rotatable bonds is 5. The van der Waals surface area contributed by atoms with Crippen LogP contribution in [0, 0.1) is 18.7 Å². The fourth-order valence-electron chi connectivity index (χ4n) is 2.03. The maximum Gasteiger partial charge on any atom is 0.123 e. The fraction of sp³-hybridized carbons (Fsp3) is 0.571. The van der Waals surface area contributed by atoms with Crippen molar-refractivity contribution in [2.45, 2.75) is 39.7 Å². The lowest BCUT2D eigenvalue weighted by Crippen LogP contribution is -2.31. The summed E-state index contributed by atoms with van der Waals surface area (Å²) in [5.41, 5.74) is 2.31. The first-order chi connectivity index (χ1) is 7.54. The van der Waals surface area contributed by atoms with Crippen LogP contribution < -0.4 is 5.32 Å². The molecule has 0 aliphatic heterocycles. The van der Waals surface area contributed by atoms with Gasteiger partial charge in [-0.2, -0.15) is 0 Å². The van der Waals surface area contributed by atoms with Crippen LogP contribution in [0.3, 0.4) is 0 Å². The molecule has 0 amide bonds. The molecule has 90 valence electrons. The number of nitrogens with one attached hydrogen (secondary N) is 1. The van der Waals surface area contributed by atoms with Gasteiger partial charge in [0.05, 0.1) is 0 Å². The van der Waals surface area contributed by atoms with E-state index in [9.17, 15) is 4.39 Å². The maximum absolute atomic E-state index is 13.1. The molecule has 2 heteroatoms. The zero-order valence-electron chi connectivity index (χ0n) is 10.7. The first-order valence-corrected chi connectivity index (χ1v) is 5.97. The summed E-state index contributed by atoms with van der Waals surface area (Å²) in [5, 5.41) is 3.31. The molecule has 1 unspecified atom stereocenters. The molecule has 0 saturated heterocycles. The van der Waals surface area contributed by atoms with Gasteiger partial charge in [-0.05, 0) is 56.0 Å². The van der Waals surface area contributed by atoms with Gasteiger partial charge < -0.3 is 5.32 Å². The Morgan fingerprint density at radius 1 is 1.31 bits per heavy atom. The molecule has 1 aromatic rings. The number of hydrogen-bond donors (Lipinski definition) is 1. The van der Waals surface area contributed by atoms with Crippen molar-refractivity contribution >= 4 is 0 Å². The van der Waals surface area contributed by atoms with Crippen LogP contribution >= 0.6 is 0 Å². The summed E-state index contributed by atoms with van der Waals surface area (Å²) in [5.74, 6) is 0.477. The Morgan fingerprint density at radius 2 is 2.00 bits per heavy atom. The van der Waals surface area contributed by atoms with E-state index < -0.39 is 0 Å². The van der Waals surface area contributed by atoms with Crippen LogP contribution in [-0.2, 0) is 6.42 Å². The summed E-state index contributed by atoms with van der Waals surface area (Å²) in [6.45, 7) is 6.46. The molecule has 1 atom stereocenters. The minimum Gasteiger partial charge on any atom is -0.317 e. The molecule has 0 aliphatic rings. The summed E-state index contributed by atoms with van der Waals surface area (Å²) in [4.78, 5) is 0. The van der Waals surface area contributed by atoms with Crippen molar-refractivity contribution in [2.24, 2.45) is 5.92 Å². The third-order valence-electron chi connectivity index (χ3n) is 3.21. The lowest BCUT2D eigenvalue weighted by molar-refractivity contribution is 0.402. The van der Waals surface area contributed by atoms with Crippen LogP contribution in [0.25, 0.3) is 0 Å². The Bertz CT molecular complexity index is 334. The highest BCUT2D eigenvalue weighted by Crippen LogP contribution is 2.15. The standard InChI is InChI=1S/C14H22FN/c1-10(2)14(16-4)8-6-12-9-13(15)7-5-11(12)3/h5,7,9-10,14,16H,6,8H2,1-4H3. The third-order valence-corrected chi connectivity index (χ3v) is 3.21. The van der Waals surface area contributed by atoms with E-state index in [-0.39, 0.29) is 5.82 Å². The Kier molecular flexibility index (Phi) is 4.94. The molecular formula is C14H22FN. The van der Waals surface area contributed by atoms with E-state index >= 15 is 0 Å². The predicted molar refractivity (Wildman–Crippen MR) is 67.1 cm³/mol. The summed E-state index contributed by atoms with van der Waals surface area (Å²) < 4.78 is 13.1. The summed E-state index contributed by atoms with van der Waals surface area (Å²) >= 11 is 0. The lowest BCUT2D eigenvalue weighted by Gasteiger charge is -2.20. The molecule has 0 aromatic heterocycles. The Hall–Kier alpha value is -0.890. The van der Waals surface area contributed by atoms with Crippen LogP contribution in [0.15, 0.2) is 18.2 Å². The minimum absolute atomic E-state index is 0.133. The summed E-state index contributed by atoms with van der Waals surface area (Å²) in [6.07, 6.45) is 1.99. The molecule has 1 rings (SSSR count). The molecule has 0 spiro atoms. The largest absolute Gasteiger partial charge is 0.317 e. The fourth-order valence-corrected chi connectivity index (χ4v) is 2.03. The smallest absolute Gasteiger partial charge is 0.123 e. The zero-order valence-corrected chi connectivity index (χ0v) is 10.7. The van der Waals surface area contributed by atoms with E-state index in [0.717, 1.165) is 18.4 Å². The minimum atomic E-state index is -0.133. The molecule has 1 N–H and O–H groups in total. The van der Waals surface area contributed by atoms with Gasteiger partial charge in [0.25, 0.3) is 0 Å². The van der Waals surface area contributed by atoms with Crippen LogP contribution in [0.5, 0.6) is 0 Å². The van der Waals surface area contributed by atoms with E-state index in [1.807, 2.05) is 20.0 Å². The van der Waals surface area contributed by atoms with Gasteiger partial charge >= 0.3 is 0 Å². The van der Waals surface area contributed by atoms with Gasteiger partial charge in [-0.25, -0.2) is 4.39 Å². The molecule has 16 heavy (non-hydrogen) atoms. The molecule has 0 aliphatic carbocycles. The predicted octanol–water partition coefficient (Wildman–Crippen LogP) is 3.31. The molecule has 1 nitrogen and oxygen atoms in total. The first kappa shape index (κ1) is 13.2. The molecule has 0 bridgehead atoms. The van der Waals surface area contributed by atoms with Gasteiger partial charge in [-0.15, -0.1) is 0 Å². The van der Waals surface area contributed by atoms with Gasteiger partial charge in [0.2, 0.25) is 0 Å². The molecular weight excluding hydrogens is 201 g/mol. The Labute approximate surface area is 98.1 Å². The van der Waals surface area contributed by atoms with Gasteiger partial charge in [-0.3, -0.25) is 0 Å².